The van der Waals surface area contributed by atoms with Crippen molar-refractivity contribution in [2.45, 2.75) is 6.54 Å². The number of nitrogens with one attached hydrogen (secondary N) is 1. The molecule has 2 aromatic rings. The number of benzene rings is 2. The van der Waals surface area contributed by atoms with Gasteiger partial charge in [0, 0.05) is 43.8 Å². The molecule has 1 amide bonds. The van der Waals surface area contributed by atoms with Crippen LogP contribution in [-0.4, -0.2) is 62.7 Å². The predicted octanol–water partition coefficient (Wildman–Crippen LogP) is 3.11. The average Bonchev–Trinajstić information content (AvgIpc) is 2.71. The number of piperazine rings is 1. The zero-order chi connectivity index (χ0) is 19.9. The summed E-state index contributed by atoms with van der Waals surface area (Å²) in [6.45, 7) is 4.83. The number of amides is 1. The molecule has 1 fully saturated rings. The van der Waals surface area contributed by atoms with E-state index in [0.717, 1.165) is 37.7 Å². The first-order valence-corrected chi connectivity index (χ1v) is 9.66. The lowest BCUT2D eigenvalue weighted by molar-refractivity contribution is -0.117. The molecule has 0 radical (unpaired) electrons. The molecule has 7 heteroatoms. The molecule has 0 atom stereocenters. The molecule has 0 saturated carbocycles. The number of hydrogen-bond acceptors (Lipinski definition) is 5. The van der Waals surface area contributed by atoms with Gasteiger partial charge in [-0.3, -0.25) is 14.6 Å². The number of hydrogen-bond donors (Lipinski definition) is 1. The second kappa shape index (κ2) is 9.78. The third-order valence-electron chi connectivity index (χ3n) is 4.83. The molecule has 1 aliphatic rings. The van der Waals surface area contributed by atoms with Crippen molar-refractivity contribution in [2.24, 2.45) is 0 Å². The molecular formula is C21H26ClN3O3. The summed E-state index contributed by atoms with van der Waals surface area (Å²) in [5.74, 6) is 1.23. The van der Waals surface area contributed by atoms with E-state index in [1.54, 1.807) is 32.4 Å². The minimum absolute atomic E-state index is 0.0577. The van der Waals surface area contributed by atoms with E-state index in [1.807, 2.05) is 12.1 Å². The number of rotatable bonds is 7. The SMILES string of the molecule is COc1ccc(OC)c(NC(=O)CN2CCN(Cc3ccc(Cl)cc3)CC2)c1. The molecule has 0 spiro atoms. The summed E-state index contributed by atoms with van der Waals surface area (Å²) >= 11 is 5.94. The number of halogens is 1. The second-order valence-corrected chi connectivity index (χ2v) is 7.23. The molecule has 0 unspecified atom stereocenters. The normalized spacial score (nSPS) is 15.2. The number of anilines is 1. The van der Waals surface area contributed by atoms with Gasteiger partial charge in [0.25, 0.3) is 0 Å². The maximum Gasteiger partial charge on any atom is 0.238 e. The van der Waals surface area contributed by atoms with Gasteiger partial charge >= 0.3 is 0 Å². The van der Waals surface area contributed by atoms with Crippen molar-refractivity contribution in [1.29, 1.82) is 0 Å². The van der Waals surface area contributed by atoms with Crippen LogP contribution in [0.1, 0.15) is 5.56 Å². The highest BCUT2D eigenvalue weighted by atomic mass is 35.5. The van der Waals surface area contributed by atoms with Crippen LogP contribution in [0, 0.1) is 0 Å². The van der Waals surface area contributed by atoms with Gasteiger partial charge in [0.1, 0.15) is 11.5 Å². The van der Waals surface area contributed by atoms with Gasteiger partial charge < -0.3 is 14.8 Å². The minimum atomic E-state index is -0.0577. The van der Waals surface area contributed by atoms with E-state index in [4.69, 9.17) is 21.1 Å². The standard InChI is InChI=1S/C21H26ClN3O3/c1-27-18-7-8-20(28-2)19(13-18)23-21(26)15-25-11-9-24(10-12-25)14-16-3-5-17(22)6-4-16/h3-8,13H,9-12,14-15H2,1-2H3,(H,23,26). The molecule has 0 aliphatic carbocycles. The predicted molar refractivity (Wildman–Crippen MR) is 111 cm³/mol. The molecule has 0 bridgehead atoms. The van der Waals surface area contributed by atoms with Crippen LogP contribution in [0.5, 0.6) is 11.5 Å². The van der Waals surface area contributed by atoms with Gasteiger partial charge in [-0.15, -0.1) is 0 Å². The molecule has 1 N–H and O–H groups in total. The summed E-state index contributed by atoms with van der Waals surface area (Å²) in [6.07, 6.45) is 0. The molecular weight excluding hydrogens is 378 g/mol. The van der Waals surface area contributed by atoms with Crippen LogP contribution in [0.2, 0.25) is 5.02 Å². The van der Waals surface area contributed by atoms with Gasteiger partial charge in [-0.05, 0) is 29.8 Å². The Morgan fingerprint density at radius 1 is 1.00 bits per heavy atom. The first-order chi connectivity index (χ1) is 13.6. The Morgan fingerprint density at radius 3 is 2.32 bits per heavy atom. The lowest BCUT2D eigenvalue weighted by Gasteiger charge is -2.34. The third kappa shape index (κ3) is 5.61. The molecule has 2 aromatic carbocycles. The Hall–Kier alpha value is -2.28. The summed E-state index contributed by atoms with van der Waals surface area (Å²) in [6, 6.07) is 13.3. The summed E-state index contributed by atoms with van der Waals surface area (Å²) in [5, 5.41) is 3.68. The van der Waals surface area contributed by atoms with Gasteiger partial charge in [0.05, 0.1) is 26.5 Å². The van der Waals surface area contributed by atoms with Crippen molar-refractivity contribution < 1.29 is 14.3 Å². The first kappa shape index (κ1) is 20.5. The number of methoxy groups -OCH3 is 2. The van der Waals surface area contributed by atoms with Crippen LogP contribution in [-0.2, 0) is 11.3 Å². The van der Waals surface area contributed by atoms with E-state index in [1.165, 1.54) is 5.56 Å². The molecule has 28 heavy (non-hydrogen) atoms. The Bertz CT molecular complexity index is 790. The van der Waals surface area contributed by atoms with Crippen molar-refractivity contribution >= 4 is 23.2 Å². The van der Waals surface area contributed by atoms with Crippen molar-refractivity contribution in [3.63, 3.8) is 0 Å². The van der Waals surface area contributed by atoms with Crippen LogP contribution in [0.4, 0.5) is 5.69 Å². The van der Waals surface area contributed by atoms with E-state index in [-0.39, 0.29) is 5.91 Å². The molecule has 0 aromatic heterocycles. The number of carbonyl (C=O) groups excluding carboxylic acids is 1. The maximum absolute atomic E-state index is 12.5. The van der Waals surface area contributed by atoms with E-state index in [0.29, 0.717) is 23.7 Å². The summed E-state index contributed by atoms with van der Waals surface area (Å²) in [5.41, 5.74) is 1.87. The fourth-order valence-corrected chi connectivity index (χ4v) is 3.38. The Kier molecular flexibility index (Phi) is 7.14. The third-order valence-corrected chi connectivity index (χ3v) is 5.08. The fourth-order valence-electron chi connectivity index (χ4n) is 3.26. The highest BCUT2D eigenvalue weighted by Crippen LogP contribution is 2.28. The molecule has 6 nitrogen and oxygen atoms in total. The topological polar surface area (TPSA) is 54.0 Å². The van der Waals surface area contributed by atoms with Crippen molar-refractivity contribution in [1.82, 2.24) is 9.80 Å². The Labute approximate surface area is 171 Å². The molecule has 1 heterocycles. The van der Waals surface area contributed by atoms with Gasteiger partial charge in [-0.25, -0.2) is 0 Å². The van der Waals surface area contributed by atoms with Crippen molar-refractivity contribution in [2.75, 3.05) is 52.3 Å². The Balaban J connectivity index is 1.48. The molecule has 3 rings (SSSR count). The quantitative estimate of drug-likeness (QED) is 0.769. The first-order valence-electron chi connectivity index (χ1n) is 9.28. The number of ether oxygens (including phenoxy) is 2. The second-order valence-electron chi connectivity index (χ2n) is 6.79. The lowest BCUT2D eigenvalue weighted by Crippen LogP contribution is -2.48. The molecule has 1 aliphatic heterocycles. The monoisotopic (exact) mass is 403 g/mol. The van der Waals surface area contributed by atoms with Crippen LogP contribution < -0.4 is 14.8 Å². The van der Waals surface area contributed by atoms with E-state index >= 15 is 0 Å². The number of carbonyl (C=O) groups is 1. The van der Waals surface area contributed by atoms with E-state index in [9.17, 15) is 4.79 Å². The highest BCUT2D eigenvalue weighted by Gasteiger charge is 2.19. The smallest absolute Gasteiger partial charge is 0.238 e. The van der Waals surface area contributed by atoms with Crippen molar-refractivity contribution in [3.05, 3.63) is 53.1 Å². The zero-order valence-electron chi connectivity index (χ0n) is 16.3. The van der Waals surface area contributed by atoms with Crippen molar-refractivity contribution in [3.8, 4) is 11.5 Å². The average molecular weight is 404 g/mol. The van der Waals surface area contributed by atoms with Crippen LogP contribution in [0.25, 0.3) is 0 Å². The highest BCUT2D eigenvalue weighted by molar-refractivity contribution is 6.30. The summed E-state index contributed by atoms with van der Waals surface area (Å²) < 4.78 is 10.5. The largest absolute Gasteiger partial charge is 0.497 e. The van der Waals surface area contributed by atoms with Gasteiger partial charge in [-0.1, -0.05) is 23.7 Å². The van der Waals surface area contributed by atoms with Gasteiger partial charge in [-0.2, -0.15) is 0 Å². The minimum Gasteiger partial charge on any atom is -0.497 e. The van der Waals surface area contributed by atoms with Gasteiger partial charge in [0.2, 0.25) is 5.91 Å². The summed E-state index contributed by atoms with van der Waals surface area (Å²) in [7, 11) is 3.17. The van der Waals surface area contributed by atoms with Crippen LogP contribution in [0.15, 0.2) is 42.5 Å². The van der Waals surface area contributed by atoms with E-state index < -0.39 is 0 Å². The van der Waals surface area contributed by atoms with E-state index in [2.05, 4.69) is 27.2 Å². The zero-order valence-corrected chi connectivity index (χ0v) is 17.0. The Morgan fingerprint density at radius 2 is 1.68 bits per heavy atom. The van der Waals surface area contributed by atoms with Gasteiger partial charge in [0.15, 0.2) is 0 Å². The lowest BCUT2D eigenvalue weighted by atomic mass is 10.2. The maximum atomic E-state index is 12.5. The molecule has 150 valence electrons. The molecule has 1 saturated heterocycles. The van der Waals surface area contributed by atoms with Crippen LogP contribution in [0.3, 0.4) is 0 Å². The summed E-state index contributed by atoms with van der Waals surface area (Å²) in [4.78, 5) is 17.0. The number of nitrogens with zero attached hydrogens (tertiary/aromatic N) is 2. The van der Waals surface area contributed by atoms with Crippen LogP contribution >= 0.6 is 11.6 Å². The fraction of sp³-hybridized carbons (Fsp3) is 0.381.